The van der Waals surface area contributed by atoms with Gasteiger partial charge in [0.15, 0.2) is 0 Å². The van der Waals surface area contributed by atoms with E-state index >= 15 is 0 Å². The molecule has 0 aromatic carbocycles. The van der Waals surface area contributed by atoms with Crippen LogP contribution in [0.4, 0.5) is 0 Å². The monoisotopic (exact) mass is 149 g/mol. The summed E-state index contributed by atoms with van der Waals surface area (Å²) in [6.45, 7) is 4.31. The fourth-order valence-electron chi connectivity index (χ4n) is 0.567. The van der Waals surface area contributed by atoms with E-state index in [1.165, 1.54) is 0 Å². The first-order valence-electron chi connectivity index (χ1n) is 3.07. The maximum absolute atomic E-state index is 5.20. The number of hydrogen-bond donors (Lipinski definition) is 2. The lowest BCUT2D eigenvalue weighted by atomic mass is 10.1. The van der Waals surface area contributed by atoms with Gasteiger partial charge in [0.05, 0.1) is 12.3 Å². The van der Waals surface area contributed by atoms with E-state index in [1.807, 2.05) is 13.8 Å². The summed E-state index contributed by atoms with van der Waals surface area (Å²) in [5, 5.41) is 0. The van der Waals surface area contributed by atoms with Gasteiger partial charge in [0, 0.05) is 0 Å². The van der Waals surface area contributed by atoms with Gasteiger partial charge in [0.2, 0.25) is 0 Å². The number of ether oxygens (including phenoxy) is 1. The molecule has 0 aromatic heterocycles. The minimum Gasteiger partial charge on any atom is -0.361 e. The Hall–Kier alpha value is 0.270. The van der Waals surface area contributed by atoms with Gasteiger partial charge in [-0.05, 0) is 26.0 Å². The standard InChI is InChI=1S/C6H15NOS/c1-6(2,3-4-9)8-5-7/h9H,3-5,7H2,1-2H3. The Morgan fingerprint density at radius 3 is 2.44 bits per heavy atom. The summed E-state index contributed by atoms with van der Waals surface area (Å²) < 4.78 is 5.20. The topological polar surface area (TPSA) is 35.2 Å². The molecular weight excluding hydrogens is 134 g/mol. The maximum atomic E-state index is 5.20. The highest BCUT2D eigenvalue weighted by molar-refractivity contribution is 7.80. The number of hydrogen-bond acceptors (Lipinski definition) is 3. The molecule has 0 bridgehead atoms. The van der Waals surface area contributed by atoms with Crippen LogP contribution in [0.3, 0.4) is 0 Å². The quantitative estimate of drug-likeness (QED) is 0.462. The molecule has 0 rings (SSSR count). The van der Waals surface area contributed by atoms with E-state index in [4.69, 9.17) is 10.5 Å². The zero-order valence-electron chi connectivity index (χ0n) is 6.05. The van der Waals surface area contributed by atoms with Crippen molar-refractivity contribution in [3.8, 4) is 0 Å². The van der Waals surface area contributed by atoms with Crippen molar-refractivity contribution in [1.29, 1.82) is 0 Å². The van der Waals surface area contributed by atoms with Crippen LogP contribution in [0.15, 0.2) is 0 Å². The molecule has 3 heteroatoms. The summed E-state index contributed by atoms with van der Waals surface area (Å²) in [7, 11) is 0. The first kappa shape index (κ1) is 9.27. The van der Waals surface area contributed by atoms with Gasteiger partial charge in [-0.15, -0.1) is 0 Å². The van der Waals surface area contributed by atoms with E-state index in [0.717, 1.165) is 12.2 Å². The van der Waals surface area contributed by atoms with E-state index in [0.29, 0.717) is 6.73 Å². The lowest BCUT2D eigenvalue weighted by Crippen LogP contribution is -2.27. The van der Waals surface area contributed by atoms with Crippen LogP contribution >= 0.6 is 12.6 Å². The third-order valence-electron chi connectivity index (χ3n) is 1.19. The zero-order chi connectivity index (χ0) is 7.33. The van der Waals surface area contributed by atoms with Crippen molar-refractivity contribution >= 4 is 12.6 Å². The van der Waals surface area contributed by atoms with Crippen LogP contribution in [0.25, 0.3) is 0 Å². The SMILES string of the molecule is CC(C)(CCS)OCN. The van der Waals surface area contributed by atoms with Gasteiger partial charge >= 0.3 is 0 Å². The Morgan fingerprint density at radius 1 is 1.56 bits per heavy atom. The van der Waals surface area contributed by atoms with Crippen molar-refractivity contribution in [2.75, 3.05) is 12.5 Å². The van der Waals surface area contributed by atoms with Crippen LogP contribution in [0.5, 0.6) is 0 Å². The highest BCUT2D eigenvalue weighted by Gasteiger charge is 2.15. The van der Waals surface area contributed by atoms with Crippen molar-refractivity contribution in [3.05, 3.63) is 0 Å². The lowest BCUT2D eigenvalue weighted by Gasteiger charge is -2.22. The van der Waals surface area contributed by atoms with Crippen molar-refractivity contribution in [3.63, 3.8) is 0 Å². The Labute approximate surface area is 62.2 Å². The molecule has 0 radical (unpaired) electrons. The number of nitrogens with two attached hydrogens (primary N) is 1. The Balaban J connectivity index is 3.43. The molecule has 0 aliphatic carbocycles. The lowest BCUT2D eigenvalue weighted by molar-refractivity contribution is -0.0154. The number of thiol groups is 1. The summed E-state index contributed by atoms with van der Waals surface area (Å²) in [4.78, 5) is 0. The first-order chi connectivity index (χ1) is 4.12. The van der Waals surface area contributed by atoms with E-state index < -0.39 is 0 Å². The van der Waals surface area contributed by atoms with Crippen molar-refractivity contribution < 1.29 is 4.74 Å². The molecule has 0 heterocycles. The van der Waals surface area contributed by atoms with Crippen molar-refractivity contribution in [1.82, 2.24) is 0 Å². The van der Waals surface area contributed by atoms with Gasteiger partial charge in [-0.1, -0.05) is 0 Å². The molecule has 0 fully saturated rings. The molecule has 0 aliphatic rings. The van der Waals surface area contributed by atoms with E-state index in [9.17, 15) is 0 Å². The van der Waals surface area contributed by atoms with Gasteiger partial charge in [0.25, 0.3) is 0 Å². The molecule has 0 saturated heterocycles. The average Bonchev–Trinajstić information content (AvgIpc) is 1.64. The Kier molecular flexibility index (Phi) is 4.27. The molecule has 0 spiro atoms. The summed E-state index contributed by atoms with van der Waals surface area (Å²) >= 11 is 4.09. The van der Waals surface area contributed by atoms with Gasteiger partial charge < -0.3 is 10.5 Å². The van der Waals surface area contributed by atoms with Crippen LogP contribution in [0.1, 0.15) is 20.3 Å². The molecule has 0 unspecified atom stereocenters. The van der Waals surface area contributed by atoms with Crippen molar-refractivity contribution in [2.45, 2.75) is 25.9 Å². The Morgan fingerprint density at radius 2 is 2.11 bits per heavy atom. The highest BCUT2D eigenvalue weighted by atomic mass is 32.1. The molecule has 56 valence electrons. The highest BCUT2D eigenvalue weighted by Crippen LogP contribution is 2.13. The third-order valence-corrected chi connectivity index (χ3v) is 1.41. The van der Waals surface area contributed by atoms with E-state index in [1.54, 1.807) is 0 Å². The van der Waals surface area contributed by atoms with Gasteiger partial charge in [-0.2, -0.15) is 12.6 Å². The summed E-state index contributed by atoms with van der Waals surface area (Å²) in [5.41, 5.74) is 5.10. The van der Waals surface area contributed by atoms with Gasteiger partial charge in [0.1, 0.15) is 0 Å². The number of rotatable bonds is 4. The zero-order valence-corrected chi connectivity index (χ0v) is 6.95. The molecule has 0 atom stereocenters. The molecule has 0 amide bonds. The summed E-state index contributed by atoms with van der Waals surface area (Å²) in [5.74, 6) is 0.840. The largest absolute Gasteiger partial charge is 0.361 e. The van der Waals surface area contributed by atoms with Crippen LogP contribution < -0.4 is 5.73 Å². The second-order valence-electron chi connectivity index (χ2n) is 2.54. The normalized spacial score (nSPS) is 12.0. The molecule has 0 saturated carbocycles. The fourth-order valence-corrected chi connectivity index (χ4v) is 1.11. The van der Waals surface area contributed by atoms with Gasteiger partial charge in [-0.25, -0.2) is 0 Å². The molecule has 2 N–H and O–H groups in total. The van der Waals surface area contributed by atoms with E-state index in [2.05, 4.69) is 12.6 Å². The molecule has 0 aromatic rings. The Bertz CT molecular complexity index is 67.5. The predicted octanol–water partition coefficient (Wildman–Crippen LogP) is 1.02. The molecule has 0 aliphatic heterocycles. The third kappa shape index (κ3) is 4.75. The summed E-state index contributed by atoms with van der Waals surface area (Å²) in [6.07, 6.45) is 0.938. The van der Waals surface area contributed by atoms with Crippen molar-refractivity contribution in [2.24, 2.45) is 5.73 Å². The molecule has 9 heavy (non-hydrogen) atoms. The maximum Gasteiger partial charge on any atom is 0.0947 e. The second kappa shape index (κ2) is 4.14. The first-order valence-corrected chi connectivity index (χ1v) is 3.70. The second-order valence-corrected chi connectivity index (χ2v) is 2.99. The molecule has 2 nitrogen and oxygen atoms in total. The average molecular weight is 149 g/mol. The predicted molar refractivity (Wildman–Crippen MR) is 42.7 cm³/mol. The van der Waals surface area contributed by atoms with Gasteiger partial charge in [-0.3, -0.25) is 0 Å². The van der Waals surface area contributed by atoms with Crippen LogP contribution in [-0.2, 0) is 4.74 Å². The summed E-state index contributed by atoms with van der Waals surface area (Å²) in [6, 6.07) is 0. The minimum atomic E-state index is -0.101. The van der Waals surface area contributed by atoms with Crippen LogP contribution in [-0.4, -0.2) is 18.1 Å². The smallest absolute Gasteiger partial charge is 0.0947 e. The molecular formula is C6H15NOS. The minimum absolute atomic E-state index is 0.101. The van der Waals surface area contributed by atoms with E-state index in [-0.39, 0.29) is 5.60 Å². The van der Waals surface area contributed by atoms with Crippen LogP contribution in [0.2, 0.25) is 0 Å². The van der Waals surface area contributed by atoms with Crippen LogP contribution in [0, 0.1) is 0 Å². The fraction of sp³-hybridized carbons (Fsp3) is 1.00.